The Morgan fingerprint density at radius 2 is 1.89 bits per heavy atom. The standard InChI is InChI=1S/C20H29N5OS/c1-4-5-13-24-19(17-9-11-21-12-10-17)22-23-20(24)27-14-18(26)25-15(2)7-6-8-16(25)3/h9-12,15-16H,4-8,13-14H2,1-3H3/t15-,16+. The van der Waals surface area contributed by atoms with Crippen molar-refractivity contribution < 1.29 is 4.79 Å². The summed E-state index contributed by atoms with van der Waals surface area (Å²) in [4.78, 5) is 19.0. The van der Waals surface area contributed by atoms with E-state index in [-0.39, 0.29) is 5.91 Å². The minimum atomic E-state index is 0.204. The fourth-order valence-electron chi connectivity index (χ4n) is 3.74. The largest absolute Gasteiger partial charge is 0.337 e. The molecular formula is C20H29N5OS. The van der Waals surface area contributed by atoms with E-state index in [1.165, 1.54) is 18.2 Å². The summed E-state index contributed by atoms with van der Waals surface area (Å²) in [6, 6.07) is 4.55. The number of nitrogens with zero attached hydrogens (tertiary/aromatic N) is 5. The molecule has 0 unspecified atom stereocenters. The van der Waals surface area contributed by atoms with Crippen LogP contribution < -0.4 is 0 Å². The Balaban J connectivity index is 1.74. The van der Waals surface area contributed by atoms with Gasteiger partial charge in [-0.05, 0) is 51.7 Å². The molecule has 0 saturated carbocycles. The number of hydrogen-bond donors (Lipinski definition) is 0. The van der Waals surface area contributed by atoms with Gasteiger partial charge in [0.2, 0.25) is 5.91 Å². The first-order chi connectivity index (χ1) is 13.1. The highest BCUT2D eigenvalue weighted by Crippen LogP contribution is 2.27. The SMILES string of the molecule is CCCCn1c(SCC(=O)N2[C@H](C)CCC[C@@H]2C)nnc1-c1ccncc1. The van der Waals surface area contributed by atoms with Crippen LogP contribution in [0.15, 0.2) is 29.7 Å². The molecule has 3 rings (SSSR count). The summed E-state index contributed by atoms with van der Waals surface area (Å²) in [5, 5.41) is 9.60. The van der Waals surface area contributed by atoms with Gasteiger partial charge in [-0.3, -0.25) is 9.78 Å². The zero-order valence-electron chi connectivity index (χ0n) is 16.5. The van der Waals surface area contributed by atoms with Crippen molar-refractivity contribution in [3.8, 4) is 11.4 Å². The van der Waals surface area contributed by atoms with E-state index in [2.05, 4.69) is 45.4 Å². The molecule has 3 heterocycles. The summed E-state index contributed by atoms with van der Waals surface area (Å²) in [6.07, 6.45) is 9.09. The van der Waals surface area contributed by atoms with E-state index in [0.29, 0.717) is 17.8 Å². The number of carbonyl (C=O) groups is 1. The first-order valence-corrected chi connectivity index (χ1v) is 10.9. The Labute approximate surface area is 165 Å². The van der Waals surface area contributed by atoms with Gasteiger partial charge in [0, 0.05) is 36.6 Å². The lowest BCUT2D eigenvalue weighted by Gasteiger charge is -2.39. The minimum Gasteiger partial charge on any atom is -0.337 e. The molecule has 27 heavy (non-hydrogen) atoms. The quantitative estimate of drug-likeness (QED) is 0.671. The molecule has 6 nitrogen and oxygen atoms in total. The maximum Gasteiger partial charge on any atom is 0.233 e. The zero-order chi connectivity index (χ0) is 19.2. The number of hydrogen-bond acceptors (Lipinski definition) is 5. The third-order valence-corrected chi connectivity index (χ3v) is 6.15. The first-order valence-electron chi connectivity index (χ1n) is 9.89. The molecule has 1 saturated heterocycles. The van der Waals surface area contributed by atoms with Crippen molar-refractivity contribution in [1.29, 1.82) is 0 Å². The number of piperidine rings is 1. The Kier molecular flexibility index (Phi) is 6.88. The lowest BCUT2D eigenvalue weighted by Crippen LogP contribution is -2.48. The fraction of sp³-hybridized carbons (Fsp3) is 0.600. The summed E-state index contributed by atoms with van der Waals surface area (Å²) >= 11 is 1.50. The van der Waals surface area contributed by atoms with Crippen LogP contribution in [-0.4, -0.2) is 48.4 Å². The average Bonchev–Trinajstić information content (AvgIpc) is 3.08. The van der Waals surface area contributed by atoms with E-state index in [9.17, 15) is 4.79 Å². The molecule has 2 aromatic heterocycles. The molecule has 1 amide bonds. The van der Waals surface area contributed by atoms with Gasteiger partial charge in [-0.15, -0.1) is 10.2 Å². The van der Waals surface area contributed by atoms with Gasteiger partial charge in [-0.2, -0.15) is 0 Å². The molecule has 2 atom stereocenters. The molecule has 146 valence electrons. The van der Waals surface area contributed by atoms with Crippen LogP contribution in [-0.2, 0) is 11.3 Å². The second-order valence-corrected chi connectivity index (χ2v) is 8.21. The molecule has 7 heteroatoms. The van der Waals surface area contributed by atoms with Gasteiger partial charge in [-0.1, -0.05) is 25.1 Å². The summed E-state index contributed by atoms with van der Waals surface area (Å²) in [5.74, 6) is 1.46. The number of thioether (sulfide) groups is 1. The fourth-order valence-corrected chi connectivity index (χ4v) is 4.58. The molecule has 1 aliphatic rings. The Morgan fingerprint density at radius 3 is 2.56 bits per heavy atom. The van der Waals surface area contributed by atoms with Crippen molar-refractivity contribution in [2.75, 3.05) is 5.75 Å². The third-order valence-electron chi connectivity index (χ3n) is 5.20. The molecule has 0 aromatic carbocycles. The van der Waals surface area contributed by atoms with Crippen molar-refractivity contribution >= 4 is 17.7 Å². The van der Waals surface area contributed by atoms with Crippen molar-refractivity contribution in [2.45, 2.75) is 76.7 Å². The van der Waals surface area contributed by atoms with E-state index in [0.717, 1.165) is 48.8 Å². The smallest absolute Gasteiger partial charge is 0.233 e. The summed E-state index contributed by atoms with van der Waals surface area (Å²) in [5.41, 5.74) is 1.00. The van der Waals surface area contributed by atoms with Crippen LogP contribution >= 0.6 is 11.8 Å². The van der Waals surface area contributed by atoms with Crippen LogP contribution in [0.5, 0.6) is 0 Å². The predicted molar refractivity (Wildman–Crippen MR) is 109 cm³/mol. The monoisotopic (exact) mass is 387 g/mol. The molecule has 0 spiro atoms. The van der Waals surface area contributed by atoms with Gasteiger partial charge in [0.25, 0.3) is 0 Å². The minimum absolute atomic E-state index is 0.204. The highest BCUT2D eigenvalue weighted by atomic mass is 32.2. The maximum absolute atomic E-state index is 12.8. The van der Waals surface area contributed by atoms with E-state index in [4.69, 9.17) is 0 Å². The van der Waals surface area contributed by atoms with E-state index in [1.807, 2.05) is 12.1 Å². The highest BCUT2D eigenvalue weighted by Gasteiger charge is 2.29. The van der Waals surface area contributed by atoms with Crippen LogP contribution in [0, 0.1) is 0 Å². The lowest BCUT2D eigenvalue weighted by atomic mass is 9.98. The van der Waals surface area contributed by atoms with Crippen molar-refractivity contribution in [3.63, 3.8) is 0 Å². The van der Waals surface area contributed by atoms with Gasteiger partial charge in [-0.25, -0.2) is 0 Å². The van der Waals surface area contributed by atoms with Gasteiger partial charge < -0.3 is 9.47 Å². The third kappa shape index (κ3) is 4.69. The lowest BCUT2D eigenvalue weighted by molar-refractivity contribution is -0.134. The number of pyridine rings is 1. The highest BCUT2D eigenvalue weighted by molar-refractivity contribution is 7.99. The Hall–Kier alpha value is -1.89. The second kappa shape index (κ2) is 9.35. The van der Waals surface area contributed by atoms with Gasteiger partial charge in [0.15, 0.2) is 11.0 Å². The predicted octanol–water partition coefficient (Wildman–Crippen LogP) is 4.02. The zero-order valence-corrected chi connectivity index (χ0v) is 17.3. The summed E-state index contributed by atoms with van der Waals surface area (Å²) in [7, 11) is 0. The van der Waals surface area contributed by atoms with E-state index >= 15 is 0 Å². The van der Waals surface area contributed by atoms with E-state index in [1.54, 1.807) is 12.4 Å². The number of amides is 1. The summed E-state index contributed by atoms with van der Waals surface area (Å²) in [6.45, 7) is 7.34. The van der Waals surface area contributed by atoms with Crippen molar-refractivity contribution in [2.24, 2.45) is 0 Å². The van der Waals surface area contributed by atoms with Gasteiger partial charge in [0.05, 0.1) is 5.75 Å². The number of carbonyl (C=O) groups excluding carboxylic acids is 1. The van der Waals surface area contributed by atoms with Crippen LogP contribution in [0.3, 0.4) is 0 Å². The molecule has 1 fully saturated rings. The topological polar surface area (TPSA) is 63.9 Å². The maximum atomic E-state index is 12.8. The average molecular weight is 388 g/mol. The molecule has 0 aliphatic carbocycles. The first kappa shape index (κ1) is 19.9. The van der Waals surface area contributed by atoms with Crippen LogP contribution in [0.4, 0.5) is 0 Å². The molecule has 0 radical (unpaired) electrons. The Morgan fingerprint density at radius 1 is 1.19 bits per heavy atom. The van der Waals surface area contributed by atoms with Gasteiger partial charge >= 0.3 is 0 Å². The Bertz CT molecular complexity index is 738. The summed E-state index contributed by atoms with van der Waals surface area (Å²) < 4.78 is 2.14. The van der Waals surface area contributed by atoms with Gasteiger partial charge in [0.1, 0.15) is 0 Å². The molecule has 0 N–H and O–H groups in total. The normalized spacial score (nSPS) is 20.0. The molecular weight excluding hydrogens is 358 g/mol. The molecule has 2 aromatic rings. The second-order valence-electron chi connectivity index (χ2n) is 7.27. The van der Waals surface area contributed by atoms with Crippen molar-refractivity contribution in [3.05, 3.63) is 24.5 Å². The number of rotatable bonds is 7. The van der Waals surface area contributed by atoms with Crippen LogP contribution in [0.2, 0.25) is 0 Å². The van der Waals surface area contributed by atoms with Crippen LogP contribution in [0.25, 0.3) is 11.4 Å². The number of likely N-dealkylation sites (tertiary alicyclic amines) is 1. The van der Waals surface area contributed by atoms with Crippen LogP contribution in [0.1, 0.15) is 52.9 Å². The molecule has 1 aliphatic heterocycles. The number of aromatic nitrogens is 4. The molecule has 0 bridgehead atoms. The van der Waals surface area contributed by atoms with E-state index < -0.39 is 0 Å². The van der Waals surface area contributed by atoms with Crippen molar-refractivity contribution in [1.82, 2.24) is 24.6 Å². The number of unbranched alkanes of at least 4 members (excludes halogenated alkanes) is 1.